The number of aryl methyl sites for hydroxylation is 1. The van der Waals surface area contributed by atoms with Gasteiger partial charge in [0.05, 0.1) is 6.61 Å². The van der Waals surface area contributed by atoms with E-state index >= 15 is 0 Å². The molecule has 10 heteroatoms. The van der Waals surface area contributed by atoms with Crippen molar-refractivity contribution in [2.24, 2.45) is 7.05 Å². The van der Waals surface area contributed by atoms with Crippen LogP contribution < -0.4 is 4.72 Å². The Balaban J connectivity index is 2.13. The second kappa shape index (κ2) is 4.85. The van der Waals surface area contributed by atoms with Crippen LogP contribution in [0, 0.1) is 0 Å². The highest BCUT2D eigenvalue weighted by Gasteiger charge is 2.34. The van der Waals surface area contributed by atoms with Crippen molar-refractivity contribution in [2.75, 3.05) is 19.8 Å². The lowest BCUT2D eigenvalue weighted by molar-refractivity contribution is 0.0314. The molecule has 1 atom stereocenters. The summed E-state index contributed by atoms with van der Waals surface area (Å²) >= 11 is 3.02. The van der Waals surface area contributed by atoms with Gasteiger partial charge in [-0.15, -0.1) is 5.10 Å². The maximum absolute atomic E-state index is 12.0. The predicted molar refractivity (Wildman–Crippen MR) is 64.3 cm³/mol. The van der Waals surface area contributed by atoms with Gasteiger partial charge in [-0.05, 0) is 15.9 Å². The van der Waals surface area contributed by atoms with Crippen molar-refractivity contribution in [1.82, 2.24) is 19.7 Å². The van der Waals surface area contributed by atoms with Crippen LogP contribution in [0.3, 0.4) is 0 Å². The molecule has 8 nitrogen and oxygen atoms in total. The summed E-state index contributed by atoms with van der Waals surface area (Å²) in [7, 11) is -2.31. The van der Waals surface area contributed by atoms with E-state index < -0.39 is 15.6 Å². The van der Waals surface area contributed by atoms with Crippen LogP contribution in [0.4, 0.5) is 0 Å². The van der Waals surface area contributed by atoms with Crippen LogP contribution in [0.25, 0.3) is 0 Å². The van der Waals surface area contributed by atoms with E-state index in [1.54, 1.807) is 0 Å². The molecular formula is C8H13BrN4O4S. The SMILES string of the molecule is Cn1nnc(Br)c1S(=O)(=O)NCC1(O)CCOC1. The first-order chi connectivity index (χ1) is 8.34. The van der Waals surface area contributed by atoms with Crippen LogP contribution in [-0.4, -0.2) is 53.9 Å². The number of nitrogens with one attached hydrogen (secondary N) is 1. The minimum atomic E-state index is -3.78. The molecule has 0 bridgehead atoms. The second-order valence-electron chi connectivity index (χ2n) is 4.16. The number of hydrogen-bond donors (Lipinski definition) is 2. The maximum atomic E-state index is 12.0. The highest BCUT2D eigenvalue weighted by molar-refractivity contribution is 9.10. The Morgan fingerprint density at radius 2 is 2.39 bits per heavy atom. The minimum Gasteiger partial charge on any atom is -0.386 e. The smallest absolute Gasteiger partial charge is 0.260 e. The van der Waals surface area contributed by atoms with E-state index in [4.69, 9.17) is 4.74 Å². The molecule has 0 amide bonds. The van der Waals surface area contributed by atoms with Gasteiger partial charge in [-0.3, -0.25) is 0 Å². The van der Waals surface area contributed by atoms with Crippen LogP contribution in [-0.2, 0) is 21.8 Å². The van der Waals surface area contributed by atoms with Crippen LogP contribution >= 0.6 is 15.9 Å². The van der Waals surface area contributed by atoms with Gasteiger partial charge in [-0.25, -0.2) is 17.8 Å². The van der Waals surface area contributed by atoms with Crippen LogP contribution in [0.15, 0.2) is 9.63 Å². The molecular weight excluding hydrogens is 328 g/mol. The molecule has 1 saturated heterocycles. The fourth-order valence-corrected chi connectivity index (χ4v) is 3.85. The fourth-order valence-electron chi connectivity index (χ4n) is 1.64. The first-order valence-electron chi connectivity index (χ1n) is 5.19. The van der Waals surface area contributed by atoms with Crippen LogP contribution in [0.1, 0.15) is 6.42 Å². The topological polar surface area (TPSA) is 106 Å². The highest BCUT2D eigenvalue weighted by Crippen LogP contribution is 2.20. The van der Waals surface area contributed by atoms with Gasteiger partial charge in [0.2, 0.25) is 5.03 Å². The lowest BCUT2D eigenvalue weighted by Crippen LogP contribution is -2.43. The zero-order valence-corrected chi connectivity index (χ0v) is 12.0. The molecule has 18 heavy (non-hydrogen) atoms. The lowest BCUT2D eigenvalue weighted by atomic mass is 10.1. The van der Waals surface area contributed by atoms with Crippen LogP contribution in [0.5, 0.6) is 0 Å². The number of aliphatic hydroxyl groups is 1. The third kappa shape index (κ3) is 2.72. The molecule has 1 aliphatic heterocycles. The Bertz CT molecular complexity index is 518. The summed E-state index contributed by atoms with van der Waals surface area (Å²) in [4.78, 5) is 0. The molecule has 1 aromatic heterocycles. The number of aromatic nitrogens is 3. The summed E-state index contributed by atoms with van der Waals surface area (Å²) in [5, 5.41) is 17.1. The van der Waals surface area contributed by atoms with Crippen molar-refractivity contribution in [3.8, 4) is 0 Å². The number of nitrogens with zero attached hydrogens (tertiary/aromatic N) is 3. The highest BCUT2D eigenvalue weighted by atomic mass is 79.9. The minimum absolute atomic E-state index is 0.0787. The van der Waals surface area contributed by atoms with Crippen molar-refractivity contribution >= 4 is 26.0 Å². The third-order valence-corrected chi connectivity index (χ3v) is 4.95. The summed E-state index contributed by atoms with van der Waals surface area (Å²) in [5.74, 6) is 0. The molecule has 1 aromatic rings. The Labute approximate surface area is 112 Å². The fraction of sp³-hybridized carbons (Fsp3) is 0.750. The quantitative estimate of drug-likeness (QED) is 0.728. The van der Waals surface area contributed by atoms with Crippen molar-refractivity contribution < 1.29 is 18.3 Å². The molecule has 1 fully saturated rings. The molecule has 1 aliphatic rings. The van der Waals surface area contributed by atoms with Crippen LogP contribution in [0.2, 0.25) is 0 Å². The Morgan fingerprint density at radius 1 is 1.67 bits per heavy atom. The number of ether oxygens (including phenoxy) is 1. The molecule has 2 rings (SSSR count). The van der Waals surface area contributed by atoms with Crippen molar-refractivity contribution in [3.05, 3.63) is 4.60 Å². The van der Waals surface area contributed by atoms with E-state index in [9.17, 15) is 13.5 Å². The monoisotopic (exact) mass is 340 g/mol. The number of rotatable bonds is 4. The molecule has 0 radical (unpaired) electrons. The van der Waals surface area contributed by atoms with Gasteiger partial charge >= 0.3 is 0 Å². The molecule has 2 N–H and O–H groups in total. The maximum Gasteiger partial charge on any atom is 0.260 e. The summed E-state index contributed by atoms with van der Waals surface area (Å²) in [6.45, 7) is 0.447. The average Bonchev–Trinajstić information content (AvgIpc) is 2.85. The summed E-state index contributed by atoms with van der Waals surface area (Å²) in [6.07, 6.45) is 0.403. The standard InChI is InChI=1S/C8H13BrN4O4S/c1-13-7(6(9)11-12-13)18(15,16)10-4-8(14)2-3-17-5-8/h10,14H,2-5H2,1H3. The molecule has 102 valence electrons. The largest absolute Gasteiger partial charge is 0.386 e. The zero-order chi connectivity index (χ0) is 13.4. The van der Waals surface area contributed by atoms with Gasteiger partial charge in [-0.2, -0.15) is 0 Å². The molecule has 0 aromatic carbocycles. The van der Waals surface area contributed by atoms with E-state index in [1.807, 2.05) is 0 Å². The Kier molecular flexibility index (Phi) is 3.74. The summed E-state index contributed by atoms with van der Waals surface area (Å²) in [6, 6.07) is 0. The van der Waals surface area contributed by atoms with Gasteiger partial charge in [0, 0.05) is 26.6 Å². The van der Waals surface area contributed by atoms with Gasteiger partial charge in [0.25, 0.3) is 10.0 Å². The van der Waals surface area contributed by atoms with E-state index in [0.717, 1.165) is 4.68 Å². The summed E-state index contributed by atoms with van der Waals surface area (Å²) in [5.41, 5.74) is -1.15. The molecule has 2 heterocycles. The third-order valence-electron chi connectivity index (χ3n) is 2.67. The van der Waals surface area contributed by atoms with Crippen molar-refractivity contribution in [2.45, 2.75) is 17.0 Å². The normalized spacial score (nSPS) is 24.6. The van der Waals surface area contributed by atoms with E-state index in [1.165, 1.54) is 7.05 Å². The van der Waals surface area contributed by atoms with Crippen molar-refractivity contribution in [3.63, 3.8) is 0 Å². The van der Waals surface area contributed by atoms with E-state index in [0.29, 0.717) is 13.0 Å². The number of hydrogen-bond acceptors (Lipinski definition) is 6. The van der Waals surface area contributed by atoms with Gasteiger partial charge < -0.3 is 9.84 Å². The molecule has 0 saturated carbocycles. The summed E-state index contributed by atoms with van der Waals surface area (Å²) < 4.78 is 32.7. The number of halogens is 1. The Morgan fingerprint density at radius 3 is 2.89 bits per heavy atom. The average molecular weight is 341 g/mol. The lowest BCUT2D eigenvalue weighted by Gasteiger charge is -2.20. The molecule has 0 aliphatic carbocycles. The number of sulfonamides is 1. The van der Waals surface area contributed by atoms with Crippen molar-refractivity contribution in [1.29, 1.82) is 0 Å². The van der Waals surface area contributed by atoms with E-state index in [2.05, 4.69) is 31.0 Å². The molecule has 1 unspecified atom stereocenters. The zero-order valence-electron chi connectivity index (χ0n) is 9.63. The van der Waals surface area contributed by atoms with E-state index in [-0.39, 0.29) is 22.8 Å². The Hall–Kier alpha value is -0.550. The molecule has 0 spiro atoms. The van der Waals surface area contributed by atoms with Gasteiger partial charge in [-0.1, -0.05) is 5.21 Å². The predicted octanol–water partition coefficient (Wildman–Crippen LogP) is -0.993. The van der Waals surface area contributed by atoms with Gasteiger partial charge in [0.15, 0.2) is 4.60 Å². The second-order valence-corrected chi connectivity index (χ2v) is 6.59. The first-order valence-corrected chi connectivity index (χ1v) is 7.47. The van der Waals surface area contributed by atoms with Gasteiger partial charge in [0.1, 0.15) is 5.60 Å². The first kappa shape index (κ1) is 13.9.